The van der Waals surface area contributed by atoms with E-state index in [4.69, 9.17) is 11.3 Å². The first kappa shape index (κ1) is 25.4. The second-order valence-electron chi connectivity index (χ2n) is 9.25. The summed E-state index contributed by atoms with van der Waals surface area (Å²) in [6.07, 6.45) is 2.52. The van der Waals surface area contributed by atoms with Crippen LogP contribution >= 0.6 is 0 Å². The summed E-state index contributed by atoms with van der Waals surface area (Å²) in [7, 11) is -1.75. The van der Waals surface area contributed by atoms with Crippen LogP contribution in [0.5, 0.6) is 0 Å². The molecule has 0 aromatic heterocycles. The smallest absolute Gasteiger partial charge is 0.447 e. The molecule has 1 aliphatic rings. The molecule has 1 aliphatic heterocycles. The SMILES string of the molecule is [C-]#[N+]C(=CC(C)(C)C)C(=O)N1CCC[C@@H]1COC(=O)N[C@@H](Cc1ccc(C)cc1)B(O)O. The quantitative estimate of drug-likeness (QED) is 0.343. The molecule has 2 rings (SSSR count). The van der Waals surface area contributed by atoms with Crippen LogP contribution in [0.15, 0.2) is 36.0 Å². The van der Waals surface area contributed by atoms with E-state index in [-0.39, 0.29) is 36.1 Å². The molecule has 0 bridgehead atoms. The van der Waals surface area contributed by atoms with Crippen molar-refractivity contribution in [3.05, 3.63) is 58.6 Å². The van der Waals surface area contributed by atoms with Crippen molar-refractivity contribution in [2.45, 2.75) is 58.9 Å². The van der Waals surface area contributed by atoms with Gasteiger partial charge in [0.25, 0.3) is 5.91 Å². The Hall–Kier alpha value is -2.83. The fourth-order valence-electron chi connectivity index (χ4n) is 3.55. The summed E-state index contributed by atoms with van der Waals surface area (Å²) in [6, 6.07) is 7.21. The lowest BCUT2D eigenvalue weighted by Gasteiger charge is -2.26. The number of carbonyl (C=O) groups is 2. The van der Waals surface area contributed by atoms with Gasteiger partial charge < -0.3 is 25.0 Å². The van der Waals surface area contributed by atoms with Gasteiger partial charge in [0.15, 0.2) is 0 Å². The Morgan fingerprint density at radius 1 is 1.34 bits per heavy atom. The fourth-order valence-corrected chi connectivity index (χ4v) is 3.55. The molecular weight excluding hydrogens is 409 g/mol. The average Bonchev–Trinajstić information content (AvgIpc) is 3.19. The predicted molar refractivity (Wildman–Crippen MR) is 122 cm³/mol. The highest BCUT2D eigenvalue weighted by atomic mass is 16.5. The van der Waals surface area contributed by atoms with Gasteiger partial charge in [0, 0.05) is 6.54 Å². The van der Waals surface area contributed by atoms with Crippen molar-refractivity contribution in [1.29, 1.82) is 0 Å². The highest BCUT2D eigenvalue weighted by Crippen LogP contribution is 2.24. The van der Waals surface area contributed by atoms with E-state index in [1.165, 1.54) is 0 Å². The molecule has 1 aromatic carbocycles. The van der Waals surface area contributed by atoms with Crippen LogP contribution in [0.1, 0.15) is 44.7 Å². The van der Waals surface area contributed by atoms with Gasteiger partial charge in [-0.3, -0.25) is 4.79 Å². The molecule has 1 fully saturated rings. The number of benzene rings is 1. The van der Waals surface area contributed by atoms with Crippen LogP contribution in [0.3, 0.4) is 0 Å². The number of aryl methyl sites for hydroxylation is 1. The van der Waals surface area contributed by atoms with Crippen LogP contribution in [0.4, 0.5) is 4.79 Å². The van der Waals surface area contributed by atoms with Crippen LogP contribution in [0, 0.1) is 18.9 Å². The second kappa shape index (κ2) is 11.2. The van der Waals surface area contributed by atoms with E-state index >= 15 is 0 Å². The number of nitrogens with one attached hydrogen (secondary N) is 1. The molecule has 0 unspecified atom stereocenters. The van der Waals surface area contributed by atoms with Crippen LogP contribution in [-0.4, -0.2) is 59.2 Å². The number of allylic oxidation sites excluding steroid dienone is 1. The largest absolute Gasteiger partial charge is 0.475 e. The molecule has 0 saturated carbocycles. The summed E-state index contributed by atoms with van der Waals surface area (Å²) in [4.78, 5) is 30.1. The summed E-state index contributed by atoms with van der Waals surface area (Å²) >= 11 is 0. The van der Waals surface area contributed by atoms with E-state index in [2.05, 4.69) is 10.2 Å². The number of hydrogen-bond acceptors (Lipinski definition) is 5. The number of likely N-dealkylation sites (tertiary alicyclic amines) is 1. The summed E-state index contributed by atoms with van der Waals surface area (Å²) < 4.78 is 5.30. The Morgan fingerprint density at radius 2 is 2.00 bits per heavy atom. The first-order chi connectivity index (χ1) is 15.0. The zero-order valence-electron chi connectivity index (χ0n) is 19.2. The molecule has 0 aliphatic carbocycles. The minimum absolute atomic E-state index is 0.0306. The van der Waals surface area contributed by atoms with Crippen molar-refractivity contribution in [1.82, 2.24) is 10.2 Å². The molecular formula is C23H32BN3O5. The Bertz CT molecular complexity index is 871. The standard InChI is InChI=1S/C23H32BN3O5/c1-16-8-10-17(11-9-16)13-20(24(30)31)26-22(29)32-15-18-7-6-12-27(18)21(28)19(25-5)14-23(2,3)4/h8-11,14,18,20,30-31H,6-7,12-13,15H2,1-4H3,(H,26,29)/t18-,20+/m1/s1. The third-order valence-electron chi connectivity index (χ3n) is 5.19. The van der Waals surface area contributed by atoms with Crippen molar-refractivity contribution >= 4 is 19.1 Å². The molecule has 172 valence electrons. The first-order valence-electron chi connectivity index (χ1n) is 10.8. The second-order valence-corrected chi connectivity index (χ2v) is 9.25. The number of nitrogens with zero attached hydrogens (tertiary/aromatic N) is 2. The van der Waals surface area contributed by atoms with E-state index in [0.717, 1.165) is 17.5 Å². The molecule has 0 radical (unpaired) electrons. The maximum Gasteiger partial charge on any atom is 0.475 e. The van der Waals surface area contributed by atoms with Crippen molar-refractivity contribution < 1.29 is 24.4 Å². The molecule has 9 heteroatoms. The molecule has 2 amide bonds. The fraction of sp³-hybridized carbons (Fsp3) is 0.522. The topological polar surface area (TPSA) is 103 Å². The van der Waals surface area contributed by atoms with E-state index in [0.29, 0.717) is 13.0 Å². The number of alkyl carbamates (subject to hydrolysis) is 1. The third kappa shape index (κ3) is 7.70. The van der Waals surface area contributed by atoms with Gasteiger partial charge >= 0.3 is 13.2 Å². The minimum atomic E-state index is -1.75. The van der Waals surface area contributed by atoms with E-state index in [1.54, 1.807) is 11.0 Å². The highest BCUT2D eigenvalue weighted by Gasteiger charge is 2.33. The van der Waals surface area contributed by atoms with Gasteiger partial charge in [-0.25, -0.2) is 9.64 Å². The van der Waals surface area contributed by atoms with Crippen LogP contribution < -0.4 is 5.32 Å². The predicted octanol–water partition coefficient (Wildman–Crippen LogP) is 2.48. The third-order valence-corrected chi connectivity index (χ3v) is 5.19. The molecule has 32 heavy (non-hydrogen) atoms. The molecule has 8 nitrogen and oxygen atoms in total. The van der Waals surface area contributed by atoms with Gasteiger partial charge in [0.1, 0.15) is 6.61 Å². The van der Waals surface area contributed by atoms with Gasteiger partial charge in [-0.05, 0) is 37.2 Å². The Morgan fingerprint density at radius 3 is 2.56 bits per heavy atom. The monoisotopic (exact) mass is 441 g/mol. The number of rotatable bonds is 7. The van der Waals surface area contributed by atoms with E-state index in [1.807, 2.05) is 52.0 Å². The minimum Gasteiger partial charge on any atom is -0.447 e. The maximum absolute atomic E-state index is 12.8. The number of ether oxygens (including phenoxy) is 1. The lowest BCUT2D eigenvalue weighted by Crippen LogP contribution is -2.49. The zero-order valence-corrected chi connectivity index (χ0v) is 19.2. The first-order valence-corrected chi connectivity index (χ1v) is 10.8. The van der Waals surface area contributed by atoms with Gasteiger partial charge in [0.2, 0.25) is 5.70 Å². The van der Waals surface area contributed by atoms with Crippen LogP contribution in [0.25, 0.3) is 4.85 Å². The lowest BCUT2D eigenvalue weighted by molar-refractivity contribution is -0.128. The van der Waals surface area contributed by atoms with Crippen molar-refractivity contribution in [3.8, 4) is 0 Å². The summed E-state index contributed by atoms with van der Waals surface area (Å²) in [6.45, 7) is 15.5. The van der Waals surface area contributed by atoms with Crippen LogP contribution in [0.2, 0.25) is 0 Å². The Kier molecular flexibility index (Phi) is 8.87. The Balaban J connectivity index is 1.95. The number of hydrogen-bond donors (Lipinski definition) is 3. The normalized spacial score (nSPS) is 17.5. The molecule has 2 atom stereocenters. The van der Waals surface area contributed by atoms with Gasteiger partial charge in [-0.2, -0.15) is 0 Å². The summed E-state index contributed by atoms with van der Waals surface area (Å²) in [5, 5.41) is 21.8. The van der Waals surface area contributed by atoms with Gasteiger partial charge in [-0.1, -0.05) is 56.7 Å². The van der Waals surface area contributed by atoms with Crippen LogP contribution in [-0.2, 0) is 16.0 Å². The van der Waals surface area contributed by atoms with Gasteiger partial charge in [0.05, 0.1) is 18.6 Å². The number of amides is 2. The Labute approximate surface area is 190 Å². The van der Waals surface area contributed by atoms with Gasteiger partial charge in [-0.15, -0.1) is 0 Å². The highest BCUT2D eigenvalue weighted by molar-refractivity contribution is 6.43. The molecule has 3 N–H and O–H groups in total. The molecule has 1 heterocycles. The molecule has 1 aromatic rings. The zero-order chi connectivity index (χ0) is 23.9. The van der Waals surface area contributed by atoms with Crippen molar-refractivity contribution in [2.75, 3.05) is 13.2 Å². The van der Waals surface area contributed by atoms with Crippen molar-refractivity contribution in [3.63, 3.8) is 0 Å². The van der Waals surface area contributed by atoms with E-state index < -0.39 is 19.2 Å². The van der Waals surface area contributed by atoms with Crippen molar-refractivity contribution in [2.24, 2.45) is 5.41 Å². The molecule has 1 saturated heterocycles. The maximum atomic E-state index is 12.8. The average molecular weight is 441 g/mol. The lowest BCUT2D eigenvalue weighted by atomic mass is 9.76. The molecule has 0 spiro atoms. The van der Waals surface area contributed by atoms with E-state index in [9.17, 15) is 19.6 Å². The summed E-state index contributed by atoms with van der Waals surface area (Å²) in [5.74, 6) is -1.29. The summed E-state index contributed by atoms with van der Waals surface area (Å²) in [5.41, 5.74) is 1.68. The number of carbonyl (C=O) groups excluding carboxylic acids is 2.